The van der Waals surface area contributed by atoms with Gasteiger partial charge in [0.05, 0.1) is 52.4 Å². The Morgan fingerprint density at radius 2 is 1.55 bits per heavy atom. The van der Waals surface area contributed by atoms with Gasteiger partial charge in [0, 0.05) is 69.0 Å². The van der Waals surface area contributed by atoms with E-state index in [4.69, 9.17) is 18.9 Å². The third kappa shape index (κ3) is 11.3. The number of carbonyl (C=O) groups is 1. The molecule has 0 aromatic carbocycles. The van der Waals surface area contributed by atoms with Gasteiger partial charge in [0.15, 0.2) is 0 Å². The first-order valence-corrected chi connectivity index (χ1v) is 11.0. The monoisotopic (exact) mass is 525 g/mol. The molecule has 0 radical (unpaired) electrons. The van der Waals surface area contributed by atoms with Crippen molar-refractivity contribution in [1.29, 1.82) is 0 Å². The molecule has 1 fully saturated rings. The average Bonchev–Trinajstić information content (AvgIpc) is 3.14. The summed E-state index contributed by atoms with van der Waals surface area (Å²) in [5, 5.41) is 7.85. The summed E-state index contributed by atoms with van der Waals surface area (Å²) in [6, 6.07) is 0. The Labute approximate surface area is 185 Å². The predicted molar refractivity (Wildman–Crippen MR) is 115 cm³/mol. The number of hydrogen-bond acceptors (Lipinski definition) is 9. The molecule has 1 aliphatic rings. The van der Waals surface area contributed by atoms with Crippen molar-refractivity contribution < 1.29 is 23.7 Å². The van der Waals surface area contributed by atoms with Gasteiger partial charge in [-0.25, -0.2) is 4.68 Å². The van der Waals surface area contributed by atoms with Gasteiger partial charge >= 0.3 is 0 Å². The number of piperazine rings is 1. The van der Waals surface area contributed by atoms with Crippen LogP contribution < -0.4 is 0 Å². The van der Waals surface area contributed by atoms with E-state index in [1.165, 1.54) is 4.68 Å². The summed E-state index contributed by atoms with van der Waals surface area (Å²) in [6.45, 7) is 10.6. The number of methoxy groups -OCH3 is 1. The van der Waals surface area contributed by atoms with Crippen LogP contribution in [-0.4, -0.2) is 115 Å². The highest BCUT2D eigenvalue weighted by molar-refractivity contribution is 14.1. The van der Waals surface area contributed by atoms with E-state index in [0.29, 0.717) is 45.3 Å². The minimum atomic E-state index is 0.0155. The van der Waals surface area contributed by atoms with Crippen LogP contribution in [0.4, 0.5) is 0 Å². The first-order valence-electron chi connectivity index (χ1n) is 9.91. The minimum Gasteiger partial charge on any atom is -0.382 e. The standard InChI is InChI=1S/C18H32IN5O5/c1-26-10-11-27-8-6-22-2-4-23(5-3-22)7-9-28-12-13-29-16-17-14-24(21-20-17)15-18(19)25/h14H,2-13,15-16H2,1H3. The zero-order valence-corrected chi connectivity index (χ0v) is 19.3. The number of halogens is 1. The molecule has 2 rings (SSSR count). The maximum atomic E-state index is 11.0. The number of aromatic nitrogens is 3. The SMILES string of the molecule is COCCOCCN1CCN(CCOCCOCc2cn(CC(=O)I)nn2)CC1. The zero-order valence-electron chi connectivity index (χ0n) is 17.1. The zero-order chi connectivity index (χ0) is 20.7. The molecule has 0 unspecified atom stereocenters. The van der Waals surface area contributed by atoms with E-state index in [1.54, 1.807) is 35.9 Å². The van der Waals surface area contributed by atoms with Crippen molar-refractivity contribution in [3.63, 3.8) is 0 Å². The van der Waals surface area contributed by atoms with Crippen LogP contribution in [0, 0.1) is 0 Å². The highest BCUT2D eigenvalue weighted by Gasteiger charge is 2.16. The van der Waals surface area contributed by atoms with E-state index >= 15 is 0 Å². The predicted octanol–water partition coefficient (Wildman–Crippen LogP) is 0.0535. The van der Waals surface area contributed by atoms with E-state index < -0.39 is 0 Å². The third-order valence-corrected chi connectivity index (χ3v) is 4.84. The molecule has 0 amide bonds. The van der Waals surface area contributed by atoms with Crippen molar-refractivity contribution in [2.24, 2.45) is 0 Å². The summed E-state index contributed by atoms with van der Waals surface area (Å²) in [4.78, 5) is 15.9. The Morgan fingerprint density at radius 1 is 0.966 bits per heavy atom. The van der Waals surface area contributed by atoms with Gasteiger partial charge in [-0.05, 0) is 0 Å². The Balaban J connectivity index is 1.40. The molecular formula is C18H32IN5O5. The largest absolute Gasteiger partial charge is 0.382 e. The summed E-state index contributed by atoms with van der Waals surface area (Å²) in [7, 11) is 1.69. The molecule has 0 N–H and O–H groups in total. The molecule has 1 aromatic heterocycles. The van der Waals surface area contributed by atoms with Gasteiger partial charge in [0.2, 0.25) is 3.79 Å². The fourth-order valence-electron chi connectivity index (χ4n) is 2.87. The second-order valence-corrected chi connectivity index (χ2v) is 7.92. The highest BCUT2D eigenvalue weighted by atomic mass is 127. The molecule has 2 heterocycles. The Hall–Kier alpha value is -0.700. The molecule has 0 spiro atoms. The molecular weight excluding hydrogens is 493 g/mol. The molecule has 0 atom stereocenters. The summed E-state index contributed by atoms with van der Waals surface area (Å²) in [5.41, 5.74) is 0.713. The van der Waals surface area contributed by atoms with Crippen LogP contribution in [0.2, 0.25) is 0 Å². The maximum Gasteiger partial charge on any atom is 0.213 e. The molecule has 1 aromatic rings. The summed E-state index contributed by atoms with van der Waals surface area (Å²) >= 11 is 1.74. The fraction of sp³-hybridized carbons (Fsp3) is 0.833. The maximum absolute atomic E-state index is 11.0. The van der Waals surface area contributed by atoms with E-state index in [0.717, 1.165) is 45.9 Å². The molecule has 11 heteroatoms. The molecule has 1 saturated heterocycles. The van der Waals surface area contributed by atoms with Gasteiger partial charge in [0.25, 0.3) is 0 Å². The lowest BCUT2D eigenvalue weighted by Gasteiger charge is -2.34. The fourth-order valence-corrected chi connectivity index (χ4v) is 3.22. The van der Waals surface area contributed by atoms with E-state index in [2.05, 4.69) is 20.1 Å². The van der Waals surface area contributed by atoms with Gasteiger partial charge in [-0.1, -0.05) is 5.21 Å². The number of ether oxygens (including phenoxy) is 4. The second-order valence-electron chi connectivity index (χ2n) is 6.72. The lowest BCUT2D eigenvalue weighted by molar-refractivity contribution is -0.110. The number of nitrogens with zero attached hydrogens (tertiary/aromatic N) is 5. The van der Waals surface area contributed by atoms with Crippen molar-refractivity contribution in [3.05, 3.63) is 11.9 Å². The van der Waals surface area contributed by atoms with Crippen molar-refractivity contribution in [3.8, 4) is 0 Å². The van der Waals surface area contributed by atoms with Crippen LogP contribution in [0.1, 0.15) is 5.69 Å². The molecule has 10 nitrogen and oxygen atoms in total. The Bertz CT molecular complexity index is 569. The van der Waals surface area contributed by atoms with Gasteiger partial charge in [-0.3, -0.25) is 14.6 Å². The number of hydrogen-bond donors (Lipinski definition) is 0. The van der Waals surface area contributed by atoms with Gasteiger partial charge in [-0.15, -0.1) is 5.10 Å². The normalized spacial score (nSPS) is 15.8. The Morgan fingerprint density at radius 3 is 2.14 bits per heavy atom. The van der Waals surface area contributed by atoms with Crippen LogP contribution >= 0.6 is 22.6 Å². The molecule has 1 aliphatic heterocycles. The van der Waals surface area contributed by atoms with E-state index in [1.807, 2.05) is 0 Å². The second kappa shape index (κ2) is 15.2. The van der Waals surface area contributed by atoms with Crippen LogP contribution in [0.5, 0.6) is 0 Å². The lowest BCUT2D eigenvalue weighted by atomic mass is 10.3. The van der Waals surface area contributed by atoms with Crippen molar-refractivity contribution >= 4 is 26.4 Å². The smallest absolute Gasteiger partial charge is 0.213 e. The van der Waals surface area contributed by atoms with Crippen molar-refractivity contribution in [1.82, 2.24) is 24.8 Å². The van der Waals surface area contributed by atoms with Crippen LogP contribution in [0.25, 0.3) is 0 Å². The van der Waals surface area contributed by atoms with Crippen LogP contribution in [0.15, 0.2) is 6.20 Å². The van der Waals surface area contributed by atoms with Crippen LogP contribution in [0.3, 0.4) is 0 Å². The lowest BCUT2D eigenvalue weighted by Crippen LogP contribution is -2.48. The van der Waals surface area contributed by atoms with Gasteiger partial charge < -0.3 is 18.9 Å². The third-order valence-electron chi connectivity index (χ3n) is 4.49. The van der Waals surface area contributed by atoms with Crippen molar-refractivity contribution in [2.75, 3.05) is 86.0 Å². The molecule has 0 saturated carbocycles. The molecule has 29 heavy (non-hydrogen) atoms. The number of carbonyl (C=O) groups excluding carboxylic acids is 1. The Kier molecular flexibility index (Phi) is 12.8. The molecule has 0 aliphatic carbocycles. The van der Waals surface area contributed by atoms with E-state index in [-0.39, 0.29) is 10.3 Å². The topological polar surface area (TPSA) is 91.2 Å². The van der Waals surface area contributed by atoms with Crippen molar-refractivity contribution in [2.45, 2.75) is 13.2 Å². The minimum absolute atomic E-state index is 0.0155. The molecule has 0 bridgehead atoms. The van der Waals surface area contributed by atoms with Gasteiger partial charge in [0.1, 0.15) is 12.2 Å². The summed E-state index contributed by atoms with van der Waals surface area (Å²) in [5.74, 6) is 0. The molecule has 166 valence electrons. The number of rotatable bonds is 16. The highest BCUT2D eigenvalue weighted by Crippen LogP contribution is 2.02. The first-order chi connectivity index (χ1) is 14.2. The summed E-state index contributed by atoms with van der Waals surface area (Å²) < 4.78 is 23.2. The summed E-state index contributed by atoms with van der Waals surface area (Å²) in [6.07, 6.45) is 1.73. The van der Waals surface area contributed by atoms with E-state index in [9.17, 15) is 4.79 Å². The van der Waals surface area contributed by atoms with Crippen LogP contribution in [-0.2, 0) is 36.9 Å². The quantitative estimate of drug-likeness (QED) is 0.169. The first kappa shape index (κ1) is 24.6. The average molecular weight is 525 g/mol. The van der Waals surface area contributed by atoms with Gasteiger partial charge in [-0.2, -0.15) is 0 Å².